The van der Waals surface area contributed by atoms with Gasteiger partial charge in [-0.15, -0.1) is 34.4 Å². The highest BCUT2D eigenvalue weighted by Crippen LogP contribution is 2.46. The SMILES string of the molecule is CO/N=C(\C(=O)N[C@@H]1C(=O)N2C(C(=O)OC(c3ccccc3)c3ccccc3)=C(c3cnc(Sc4ccccc4)s3)CS[C@H]12)c1csc(N)n1. The monoisotopic (exact) mass is 740 g/mol. The predicted molar refractivity (Wildman–Crippen MR) is 196 cm³/mol. The van der Waals surface area contributed by atoms with Crippen molar-refractivity contribution in [3.8, 4) is 0 Å². The molecule has 2 amide bonds. The van der Waals surface area contributed by atoms with E-state index in [1.165, 1.54) is 46.9 Å². The standard InChI is InChI=1S/C35H28N6O5S4/c1-45-40-26(24-19-48-34(36)38-24)30(42)39-27-31(43)41-28(33(44)46-29(20-11-5-2-6-12-20)21-13-7-3-8-14-21)23(18-47-32(27)41)25-17-37-35(50-25)49-22-15-9-4-10-16-22/h2-17,19,27,29,32H,18H2,1H3,(H2,36,38)(H,39,42)/b40-26-/t27-,32-/m1/s1. The van der Waals surface area contributed by atoms with Crippen LogP contribution in [0.3, 0.4) is 0 Å². The summed E-state index contributed by atoms with van der Waals surface area (Å²) in [6.07, 6.45) is 0.990. The van der Waals surface area contributed by atoms with Crippen LogP contribution in [0, 0.1) is 0 Å². The molecule has 50 heavy (non-hydrogen) atoms. The van der Waals surface area contributed by atoms with Gasteiger partial charge < -0.3 is 20.6 Å². The van der Waals surface area contributed by atoms with Gasteiger partial charge in [0, 0.05) is 27.8 Å². The summed E-state index contributed by atoms with van der Waals surface area (Å²) < 4.78 is 7.09. The number of oxime groups is 1. The van der Waals surface area contributed by atoms with Gasteiger partial charge in [-0.05, 0) is 23.3 Å². The van der Waals surface area contributed by atoms with Crippen molar-refractivity contribution in [2.45, 2.75) is 26.8 Å². The van der Waals surface area contributed by atoms with Gasteiger partial charge in [-0.3, -0.25) is 14.5 Å². The van der Waals surface area contributed by atoms with E-state index in [0.717, 1.165) is 36.6 Å². The first-order chi connectivity index (χ1) is 24.4. The van der Waals surface area contributed by atoms with Crippen LogP contribution < -0.4 is 11.1 Å². The number of β-lactam (4-membered cyclic amide) rings is 1. The first-order valence-electron chi connectivity index (χ1n) is 15.2. The van der Waals surface area contributed by atoms with Gasteiger partial charge in [0.25, 0.3) is 11.8 Å². The summed E-state index contributed by atoms with van der Waals surface area (Å²) in [7, 11) is 1.31. The Morgan fingerprint density at radius 2 is 1.68 bits per heavy atom. The zero-order valence-corrected chi connectivity index (χ0v) is 29.6. The molecule has 0 aliphatic carbocycles. The number of thioether (sulfide) groups is 1. The number of thiazole rings is 2. The lowest BCUT2D eigenvalue weighted by Crippen LogP contribution is -2.71. The van der Waals surface area contributed by atoms with Gasteiger partial charge in [0.15, 0.2) is 21.3 Å². The molecular formula is C35H28N6O5S4. The Morgan fingerprint density at radius 3 is 2.30 bits per heavy atom. The molecule has 0 unspecified atom stereocenters. The number of hydrogen-bond donors (Lipinski definition) is 2. The maximum atomic E-state index is 14.4. The number of carbonyl (C=O) groups is 3. The fraction of sp³-hybridized carbons (Fsp3) is 0.143. The number of ether oxygens (including phenoxy) is 1. The van der Waals surface area contributed by atoms with Crippen molar-refractivity contribution in [1.82, 2.24) is 20.2 Å². The second kappa shape index (κ2) is 14.9. The van der Waals surface area contributed by atoms with E-state index in [9.17, 15) is 14.4 Å². The van der Waals surface area contributed by atoms with Gasteiger partial charge in [0.1, 0.15) is 29.9 Å². The number of aromatic nitrogens is 2. The van der Waals surface area contributed by atoms with E-state index < -0.39 is 35.3 Å². The van der Waals surface area contributed by atoms with E-state index in [4.69, 9.17) is 15.3 Å². The number of fused-ring (bicyclic) bond motifs is 1. The number of rotatable bonds is 11. The van der Waals surface area contributed by atoms with E-state index in [1.54, 1.807) is 11.6 Å². The zero-order valence-electron chi connectivity index (χ0n) is 26.3. The molecule has 0 saturated carbocycles. The maximum Gasteiger partial charge on any atom is 0.356 e. The van der Waals surface area contributed by atoms with Crippen LogP contribution in [-0.4, -0.2) is 62.6 Å². The fourth-order valence-electron chi connectivity index (χ4n) is 5.48. The lowest BCUT2D eigenvalue weighted by molar-refractivity contribution is -0.154. The second-order valence-corrected chi connectivity index (χ2v) is 15.2. The molecule has 15 heteroatoms. The molecule has 3 N–H and O–H groups in total. The Labute approximate surface area is 303 Å². The van der Waals surface area contributed by atoms with Crippen molar-refractivity contribution < 1.29 is 24.0 Å². The van der Waals surface area contributed by atoms with Crippen LogP contribution in [0.5, 0.6) is 0 Å². The summed E-state index contributed by atoms with van der Waals surface area (Å²) in [6.45, 7) is 0. The van der Waals surface area contributed by atoms with Crippen molar-refractivity contribution in [3.05, 3.63) is 130 Å². The topological polar surface area (TPSA) is 149 Å². The molecule has 3 aromatic carbocycles. The van der Waals surface area contributed by atoms with Gasteiger partial charge in [-0.2, -0.15) is 0 Å². The number of esters is 1. The fourth-order valence-corrected chi connectivity index (χ4v) is 9.50. The van der Waals surface area contributed by atoms with Crippen molar-refractivity contribution in [1.29, 1.82) is 0 Å². The van der Waals surface area contributed by atoms with Gasteiger partial charge >= 0.3 is 5.97 Å². The average molecular weight is 741 g/mol. The Hall–Kier alpha value is -4.96. The first kappa shape index (κ1) is 33.5. The second-order valence-electron chi connectivity index (χ2n) is 10.9. The van der Waals surface area contributed by atoms with Gasteiger partial charge in [-0.1, -0.05) is 95.8 Å². The van der Waals surface area contributed by atoms with E-state index in [0.29, 0.717) is 11.3 Å². The highest BCUT2D eigenvalue weighted by molar-refractivity contribution is 8.01. The van der Waals surface area contributed by atoms with Crippen molar-refractivity contribution in [2.75, 3.05) is 18.6 Å². The third kappa shape index (κ3) is 6.89. The normalized spacial score (nSPS) is 17.3. The Balaban J connectivity index is 1.22. The average Bonchev–Trinajstić information content (AvgIpc) is 3.80. The smallest absolute Gasteiger partial charge is 0.356 e. The van der Waals surface area contributed by atoms with Gasteiger partial charge in [0.05, 0.1) is 4.88 Å². The summed E-state index contributed by atoms with van der Waals surface area (Å²) in [4.78, 5) is 58.6. The third-order valence-corrected chi connectivity index (χ3v) is 11.9. The van der Waals surface area contributed by atoms with E-state index in [1.807, 2.05) is 91.0 Å². The first-order valence-corrected chi connectivity index (χ1v) is 18.8. The quantitative estimate of drug-likeness (QED) is 0.0734. The summed E-state index contributed by atoms with van der Waals surface area (Å²) in [5.74, 6) is -1.42. The van der Waals surface area contributed by atoms with Crippen LogP contribution in [0.4, 0.5) is 5.13 Å². The van der Waals surface area contributed by atoms with Crippen LogP contribution in [0.2, 0.25) is 0 Å². The molecule has 2 aliphatic rings. The maximum absolute atomic E-state index is 14.4. The molecule has 2 aromatic heterocycles. The zero-order chi connectivity index (χ0) is 34.6. The highest BCUT2D eigenvalue weighted by atomic mass is 32.2. The number of nitrogens with two attached hydrogens (primary N) is 1. The third-order valence-electron chi connectivity index (χ3n) is 7.77. The van der Waals surface area contributed by atoms with E-state index in [-0.39, 0.29) is 22.2 Å². The van der Waals surface area contributed by atoms with Gasteiger partial charge in [-0.25, -0.2) is 14.8 Å². The number of carbonyl (C=O) groups excluding carboxylic acids is 3. The molecule has 0 radical (unpaired) electrons. The summed E-state index contributed by atoms with van der Waals surface area (Å²) in [5, 5.41) is 7.86. The molecule has 0 spiro atoms. The molecule has 252 valence electrons. The molecule has 1 fully saturated rings. The van der Waals surface area contributed by atoms with Crippen LogP contribution >= 0.6 is 46.2 Å². The van der Waals surface area contributed by atoms with Crippen LogP contribution in [0.25, 0.3) is 5.57 Å². The minimum absolute atomic E-state index is 0.120. The number of anilines is 1. The molecule has 0 bridgehead atoms. The lowest BCUT2D eigenvalue weighted by atomic mass is 10.00. The summed E-state index contributed by atoms with van der Waals surface area (Å²) >= 11 is 5.53. The molecule has 2 atom stereocenters. The molecule has 1 saturated heterocycles. The Kier molecular flexibility index (Phi) is 9.98. The number of nitrogen functional groups attached to an aromatic ring is 1. The number of hydrogen-bond acceptors (Lipinski definition) is 13. The highest BCUT2D eigenvalue weighted by Gasteiger charge is 2.55. The number of amides is 2. The van der Waals surface area contributed by atoms with Crippen molar-refractivity contribution in [2.24, 2.45) is 5.16 Å². The van der Waals surface area contributed by atoms with E-state index >= 15 is 0 Å². The molecule has 4 heterocycles. The number of nitrogens with one attached hydrogen (secondary N) is 1. The Bertz CT molecular complexity index is 2050. The van der Waals surface area contributed by atoms with Crippen LogP contribution in [-0.2, 0) is 24.0 Å². The van der Waals surface area contributed by atoms with Crippen molar-refractivity contribution >= 4 is 80.4 Å². The van der Waals surface area contributed by atoms with Crippen LogP contribution in [0.1, 0.15) is 27.8 Å². The van der Waals surface area contributed by atoms with Crippen LogP contribution in [0.15, 0.2) is 123 Å². The predicted octanol–water partition coefficient (Wildman–Crippen LogP) is 5.83. The Morgan fingerprint density at radius 1 is 1.02 bits per heavy atom. The summed E-state index contributed by atoms with van der Waals surface area (Å²) in [6, 6.07) is 27.8. The largest absolute Gasteiger partial charge is 0.448 e. The molecular weight excluding hydrogens is 713 g/mol. The molecule has 7 rings (SSSR count). The van der Waals surface area contributed by atoms with E-state index in [2.05, 4.69) is 20.4 Å². The molecule has 11 nitrogen and oxygen atoms in total. The molecule has 2 aliphatic heterocycles. The number of benzene rings is 3. The lowest BCUT2D eigenvalue weighted by Gasteiger charge is -2.49. The minimum Gasteiger partial charge on any atom is -0.448 e. The minimum atomic E-state index is -0.945. The number of nitrogens with zero attached hydrogens (tertiary/aromatic N) is 4. The van der Waals surface area contributed by atoms with Gasteiger partial charge in [0.2, 0.25) is 0 Å². The summed E-state index contributed by atoms with van der Waals surface area (Å²) in [5.41, 5.74) is 8.19. The van der Waals surface area contributed by atoms with Crippen molar-refractivity contribution in [3.63, 3.8) is 0 Å². The molecule has 5 aromatic rings.